The first-order valence-electron chi connectivity index (χ1n) is 5.07. The van der Waals surface area contributed by atoms with Crippen molar-refractivity contribution in [3.63, 3.8) is 0 Å². The van der Waals surface area contributed by atoms with Gasteiger partial charge in [-0.25, -0.2) is 9.37 Å². The molecule has 2 aromatic rings. The smallest absolute Gasteiger partial charge is 0.129 e. The van der Waals surface area contributed by atoms with Gasteiger partial charge in [-0.2, -0.15) is 0 Å². The van der Waals surface area contributed by atoms with Gasteiger partial charge in [0.05, 0.1) is 6.10 Å². The predicted molar refractivity (Wildman–Crippen MR) is 58.3 cm³/mol. The third kappa shape index (κ3) is 2.12. The van der Waals surface area contributed by atoms with Gasteiger partial charge in [0.1, 0.15) is 11.6 Å². The van der Waals surface area contributed by atoms with Crippen LogP contribution in [0.4, 0.5) is 4.39 Å². The molecule has 1 unspecified atom stereocenters. The summed E-state index contributed by atoms with van der Waals surface area (Å²) >= 11 is 0. The topological polar surface area (TPSA) is 38.0 Å². The van der Waals surface area contributed by atoms with Crippen molar-refractivity contribution < 1.29 is 9.50 Å². The van der Waals surface area contributed by atoms with Crippen molar-refractivity contribution in [3.8, 4) is 0 Å². The molecule has 0 aliphatic rings. The number of benzene rings is 1. The van der Waals surface area contributed by atoms with Crippen molar-refractivity contribution in [2.24, 2.45) is 7.05 Å². The number of aliphatic hydroxyl groups is 1. The molecule has 16 heavy (non-hydrogen) atoms. The quantitative estimate of drug-likeness (QED) is 0.857. The monoisotopic (exact) mass is 220 g/mol. The molecule has 0 spiro atoms. The summed E-state index contributed by atoms with van der Waals surface area (Å²) in [5.41, 5.74) is 0.311. The van der Waals surface area contributed by atoms with Gasteiger partial charge in [-0.1, -0.05) is 18.2 Å². The van der Waals surface area contributed by atoms with Gasteiger partial charge in [0.15, 0.2) is 0 Å². The summed E-state index contributed by atoms with van der Waals surface area (Å²) in [4.78, 5) is 4.09. The molecule has 84 valence electrons. The van der Waals surface area contributed by atoms with E-state index in [1.165, 1.54) is 6.07 Å². The summed E-state index contributed by atoms with van der Waals surface area (Å²) < 4.78 is 15.2. The Balaban J connectivity index is 2.18. The average molecular weight is 220 g/mol. The molecule has 0 saturated heterocycles. The van der Waals surface area contributed by atoms with Crippen LogP contribution in [-0.4, -0.2) is 14.7 Å². The Hall–Kier alpha value is -1.68. The van der Waals surface area contributed by atoms with Crippen molar-refractivity contribution in [1.82, 2.24) is 9.55 Å². The first-order valence-corrected chi connectivity index (χ1v) is 5.07. The number of aliphatic hydroxyl groups excluding tert-OH is 1. The van der Waals surface area contributed by atoms with E-state index in [9.17, 15) is 9.50 Å². The van der Waals surface area contributed by atoms with Crippen molar-refractivity contribution in [2.75, 3.05) is 0 Å². The highest BCUT2D eigenvalue weighted by Crippen LogP contribution is 2.19. The van der Waals surface area contributed by atoms with Crippen LogP contribution in [0, 0.1) is 5.82 Å². The normalized spacial score (nSPS) is 12.7. The van der Waals surface area contributed by atoms with Gasteiger partial charge < -0.3 is 9.67 Å². The number of hydrogen-bond acceptors (Lipinski definition) is 2. The Morgan fingerprint density at radius 1 is 1.44 bits per heavy atom. The number of hydrogen-bond donors (Lipinski definition) is 1. The summed E-state index contributed by atoms with van der Waals surface area (Å²) in [7, 11) is 1.84. The highest BCUT2D eigenvalue weighted by Gasteiger charge is 2.14. The Bertz CT molecular complexity index is 481. The number of imidazole rings is 1. The maximum atomic E-state index is 13.4. The van der Waals surface area contributed by atoms with Crippen LogP contribution in [0.15, 0.2) is 36.7 Å². The fraction of sp³-hybridized carbons (Fsp3) is 0.250. The molecule has 1 aromatic heterocycles. The lowest BCUT2D eigenvalue weighted by Crippen LogP contribution is -2.08. The van der Waals surface area contributed by atoms with Gasteiger partial charge in [-0.15, -0.1) is 0 Å². The van der Waals surface area contributed by atoms with Crippen molar-refractivity contribution >= 4 is 0 Å². The molecule has 0 aliphatic carbocycles. The molecule has 0 bridgehead atoms. The Labute approximate surface area is 93.2 Å². The lowest BCUT2D eigenvalue weighted by atomic mass is 10.1. The van der Waals surface area contributed by atoms with E-state index < -0.39 is 6.10 Å². The summed E-state index contributed by atoms with van der Waals surface area (Å²) in [6.07, 6.45) is 2.90. The highest BCUT2D eigenvalue weighted by molar-refractivity contribution is 5.20. The maximum Gasteiger partial charge on any atom is 0.129 e. The summed E-state index contributed by atoms with van der Waals surface area (Å²) in [6.45, 7) is 0. The van der Waals surface area contributed by atoms with Crippen molar-refractivity contribution in [1.29, 1.82) is 0 Å². The molecular formula is C12H13FN2O. The van der Waals surface area contributed by atoms with Gasteiger partial charge in [-0.3, -0.25) is 0 Å². The van der Waals surface area contributed by atoms with Crippen LogP contribution in [-0.2, 0) is 13.5 Å². The Morgan fingerprint density at radius 2 is 2.19 bits per heavy atom. The lowest BCUT2D eigenvalue weighted by molar-refractivity contribution is 0.170. The minimum absolute atomic E-state index is 0.310. The van der Waals surface area contributed by atoms with Crippen LogP contribution in [0.3, 0.4) is 0 Å². The summed E-state index contributed by atoms with van der Waals surface area (Å²) in [5, 5.41) is 9.90. The molecule has 1 heterocycles. The van der Waals surface area contributed by atoms with Gasteiger partial charge in [0.2, 0.25) is 0 Å². The molecule has 0 amide bonds. The van der Waals surface area contributed by atoms with E-state index in [4.69, 9.17) is 0 Å². The molecule has 3 nitrogen and oxygen atoms in total. The van der Waals surface area contributed by atoms with Crippen molar-refractivity contribution in [2.45, 2.75) is 12.5 Å². The second kappa shape index (κ2) is 4.45. The largest absolute Gasteiger partial charge is 0.388 e. The SMILES string of the molecule is Cn1ccnc1CC(O)c1ccccc1F. The third-order valence-electron chi connectivity index (χ3n) is 2.56. The number of aromatic nitrogens is 2. The molecule has 0 saturated carbocycles. The van der Waals surface area contributed by atoms with Crippen molar-refractivity contribution in [3.05, 3.63) is 53.9 Å². The first-order chi connectivity index (χ1) is 7.68. The minimum Gasteiger partial charge on any atom is -0.388 e. The standard InChI is InChI=1S/C12H13FN2O/c1-15-7-6-14-12(15)8-11(16)9-4-2-3-5-10(9)13/h2-7,11,16H,8H2,1H3. The maximum absolute atomic E-state index is 13.4. The summed E-state index contributed by atoms with van der Waals surface area (Å²) in [5.74, 6) is 0.347. The van der Waals surface area contributed by atoms with E-state index >= 15 is 0 Å². The predicted octanol–water partition coefficient (Wildman–Crippen LogP) is 1.84. The highest BCUT2D eigenvalue weighted by atomic mass is 19.1. The Morgan fingerprint density at radius 3 is 2.81 bits per heavy atom. The molecule has 4 heteroatoms. The number of nitrogens with zero attached hydrogens (tertiary/aromatic N) is 2. The van der Waals surface area contributed by atoms with E-state index in [1.807, 2.05) is 11.6 Å². The average Bonchev–Trinajstić information content (AvgIpc) is 2.65. The second-order valence-electron chi connectivity index (χ2n) is 3.70. The molecule has 0 aliphatic heterocycles. The van der Waals surface area contributed by atoms with Crippen LogP contribution in [0.1, 0.15) is 17.5 Å². The number of rotatable bonds is 3. The zero-order valence-corrected chi connectivity index (χ0v) is 8.97. The molecule has 0 fully saturated rings. The molecule has 2 rings (SSSR count). The van der Waals surface area contributed by atoms with Gasteiger partial charge in [0, 0.05) is 31.4 Å². The van der Waals surface area contributed by atoms with E-state index in [-0.39, 0.29) is 5.82 Å². The number of aryl methyl sites for hydroxylation is 1. The lowest BCUT2D eigenvalue weighted by Gasteiger charge is -2.11. The van der Waals surface area contributed by atoms with Crippen LogP contribution >= 0.6 is 0 Å². The van der Waals surface area contributed by atoms with Gasteiger partial charge in [0.25, 0.3) is 0 Å². The van der Waals surface area contributed by atoms with Gasteiger partial charge >= 0.3 is 0 Å². The molecule has 0 radical (unpaired) electrons. The number of halogens is 1. The second-order valence-corrected chi connectivity index (χ2v) is 3.70. The van der Waals surface area contributed by atoms with Crippen LogP contribution in [0.25, 0.3) is 0 Å². The molecule has 1 aromatic carbocycles. The van der Waals surface area contributed by atoms with Crippen LogP contribution < -0.4 is 0 Å². The van der Waals surface area contributed by atoms with Gasteiger partial charge in [-0.05, 0) is 6.07 Å². The fourth-order valence-electron chi connectivity index (χ4n) is 1.62. The van der Waals surface area contributed by atoms with E-state index in [1.54, 1.807) is 30.6 Å². The Kier molecular flexibility index (Phi) is 3.01. The van der Waals surface area contributed by atoms with E-state index in [0.717, 1.165) is 5.82 Å². The first kappa shape index (κ1) is 10.8. The third-order valence-corrected chi connectivity index (χ3v) is 2.56. The summed E-state index contributed by atoms with van der Waals surface area (Å²) in [6, 6.07) is 6.24. The molecular weight excluding hydrogens is 207 g/mol. The van der Waals surface area contributed by atoms with E-state index in [0.29, 0.717) is 12.0 Å². The molecule has 1 N–H and O–H groups in total. The zero-order chi connectivity index (χ0) is 11.5. The minimum atomic E-state index is -0.859. The molecule has 1 atom stereocenters. The van der Waals surface area contributed by atoms with Crippen LogP contribution in [0.2, 0.25) is 0 Å². The fourth-order valence-corrected chi connectivity index (χ4v) is 1.62. The zero-order valence-electron chi connectivity index (χ0n) is 8.97. The van der Waals surface area contributed by atoms with E-state index in [2.05, 4.69) is 4.98 Å². The van der Waals surface area contributed by atoms with Crippen LogP contribution in [0.5, 0.6) is 0 Å².